The molecule has 2 aliphatic heterocycles. The number of hydrogen-bond donors (Lipinski definition) is 3. The van der Waals surface area contributed by atoms with Crippen LogP contribution in [-0.2, 0) is 26.3 Å². The fourth-order valence-electron chi connectivity index (χ4n) is 4.34. The molecule has 5 rings (SSSR count). The Labute approximate surface area is 266 Å². The van der Waals surface area contributed by atoms with Gasteiger partial charge in [-0.2, -0.15) is 14.3 Å². The van der Waals surface area contributed by atoms with Gasteiger partial charge in [-0.25, -0.2) is 4.68 Å². The van der Waals surface area contributed by atoms with Crippen LogP contribution >= 0.6 is 35.1 Å². The average Bonchev–Trinajstić information content (AvgIpc) is 3.60. The van der Waals surface area contributed by atoms with E-state index in [1.54, 1.807) is 0 Å². The number of carboxylic acid groups (broad SMARTS) is 1. The molecule has 212 valence electrons. The number of thioether (sulfide) groups is 2. The Bertz CT molecular complexity index is 1490. The number of β-lactam (4-membered cyclic amide) rings is 1. The van der Waals surface area contributed by atoms with Crippen molar-refractivity contribution in [1.82, 2.24) is 34.3 Å². The largest absolute Gasteiger partial charge is 1.00 e. The number of carbonyl (C=O) groups is 3. The van der Waals surface area contributed by atoms with Crippen molar-refractivity contribution in [2.75, 3.05) is 17.2 Å². The number of nitrogen functional groups attached to an aromatic ring is 1. The number of aliphatic carboxylic acids is 1. The second-order valence-corrected chi connectivity index (χ2v) is 11.8. The normalized spacial score (nSPS) is 20.8. The molecule has 4 N–H and O–H groups in total. The molecule has 41 heavy (non-hydrogen) atoms. The summed E-state index contributed by atoms with van der Waals surface area (Å²) >= 11 is 3.14. The van der Waals surface area contributed by atoms with Crippen molar-refractivity contribution in [2.45, 2.75) is 48.4 Å². The van der Waals surface area contributed by atoms with Crippen molar-refractivity contribution < 1.29 is 59.0 Å². The van der Waals surface area contributed by atoms with Gasteiger partial charge in [-0.1, -0.05) is 16.9 Å². The summed E-state index contributed by atoms with van der Waals surface area (Å²) in [6.07, 6.45) is 3.44. The van der Waals surface area contributed by atoms with E-state index < -0.39 is 40.6 Å². The molecule has 1 saturated heterocycles. The van der Waals surface area contributed by atoms with Crippen LogP contribution in [0, 0.1) is 0 Å². The number of oxime groups is 1. The van der Waals surface area contributed by atoms with E-state index in [1.165, 1.54) is 23.5 Å². The van der Waals surface area contributed by atoms with Crippen molar-refractivity contribution >= 4 is 63.7 Å². The molecule has 1 saturated carbocycles. The number of amides is 2. The van der Waals surface area contributed by atoms with Crippen LogP contribution in [0.25, 0.3) is 0 Å². The molecular weight excluding hydrogens is 609 g/mol. The third-order valence-corrected chi connectivity index (χ3v) is 9.27. The van der Waals surface area contributed by atoms with E-state index in [9.17, 15) is 29.4 Å². The second-order valence-electron chi connectivity index (χ2n) is 8.94. The van der Waals surface area contributed by atoms with Gasteiger partial charge in [0.25, 0.3) is 17.7 Å². The van der Waals surface area contributed by atoms with E-state index in [4.69, 9.17) is 10.6 Å². The zero-order valence-electron chi connectivity index (χ0n) is 21.8. The Morgan fingerprint density at radius 3 is 2.68 bits per heavy atom. The number of carbonyl (C=O) groups excluding carboxylic acids is 3. The third-order valence-electron chi connectivity index (χ3n) is 6.28. The zero-order chi connectivity index (χ0) is 28.6. The van der Waals surface area contributed by atoms with Gasteiger partial charge in [0, 0.05) is 30.1 Å². The van der Waals surface area contributed by atoms with E-state index in [2.05, 4.69) is 29.9 Å². The van der Waals surface area contributed by atoms with Gasteiger partial charge in [0.1, 0.15) is 17.5 Å². The van der Waals surface area contributed by atoms with E-state index in [0.717, 1.165) is 53.9 Å². The zero-order valence-corrected chi connectivity index (χ0v) is 26.3. The van der Waals surface area contributed by atoms with Gasteiger partial charge in [0.2, 0.25) is 11.5 Å². The fourth-order valence-corrected chi connectivity index (χ4v) is 7.17. The summed E-state index contributed by atoms with van der Waals surface area (Å²) in [5, 5.41) is 31.3. The summed E-state index contributed by atoms with van der Waals surface area (Å²) in [6.45, 7) is 0. The van der Waals surface area contributed by atoms with Gasteiger partial charge in [-0.15, -0.1) is 16.9 Å². The van der Waals surface area contributed by atoms with Crippen LogP contribution in [0.3, 0.4) is 0 Å². The topological polar surface area (TPSA) is 231 Å². The van der Waals surface area contributed by atoms with Crippen molar-refractivity contribution in [1.29, 1.82) is 0 Å². The molecule has 2 amide bonds. The molecule has 20 heteroatoms. The SMILES string of the molecule is Cn1nc(O)c(=O)nc1SCC1=C(C(=O)[O-])N2C(=O)C(NC(=O)C(=NOC3CCCC3)c3nsc(N)n3)[C@@H]2SC1.[Na+]. The molecule has 4 heterocycles. The monoisotopic (exact) mass is 631 g/mol. The maximum Gasteiger partial charge on any atom is 1.00 e. The third kappa shape index (κ3) is 6.54. The number of aromatic hydroxyl groups is 1. The number of nitrogens with two attached hydrogens (primary N) is 1. The van der Waals surface area contributed by atoms with Crippen LogP contribution in [0.15, 0.2) is 26.4 Å². The standard InChI is InChI=1S/C21H23N9O7S3.Na/c1-29-21(25-15(32)16(33)26-29)39-7-8-6-38-18-11(17(34)30(18)12(8)19(35)36)23-14(31)10(13-24-20(22)40-28-13)27-37-9-4-2-3-5-9;/h9,11,18H,2-7H2,1H3,(H,23,31)(H,26,33)(H,35,36)(H2,22,24,28);/q;+1/p-1/t11?,18-;/m0./s1. The Morgan fingerprint density at radius 2 is 2.02 bits per heavy atom. The number of rotatable bonds is 9. The molecular formula is C21H22N9NaO7S3. The number of carboxylic acids is 1. The van der Waals surface area contributed by atoms with Gasteiger partial charge >= 0.3 is 35.1 Å². The predicted molar refractivity (Wildman–Crippen MR) is 141 cm³/mol. The molecule has 2 fully saturated rings. The second kappa shape index (κ2) is 13.1. The number of hydrogen-bond acceptors (Lipinski definition) is 16. The number of aromatic nitrogens is 5. The maximum absolute atomic E-state index is 13.2. The Morgan fingerprint density at radius 1 is 1.29 bits per heavy atom. The van der Waals surface area contributed by atoms with Gasteiger partial charge in [0.15, 0.2) is 10.3 Å². The van der Waals surface area contributed by atoms with Crippen LogP contribution in [0.4, 0.5) is 5.13 Å². The Hall–Kier alpha value is -2.71. The number of fused-ring (bicyclic) bond motifs is 1. The molecule has 2 aromatic heterocycles. The summed E-state index contributed by atoms with van der Waals surface area (Å²) in [5.41, 5.74) is 4.57. The van der Waals surface area contributed by atoms with Crippen molar-refractivity contribution in [3.63, 3.8) is 0 Å². The maximum atomic E-state index is 13.2. The molecule has 16 nitrogen and oxygen atoms in total. The average molecular weight is 632 g/mol. The Balaban J connectivity index is 0.00000387. The summed E-state index contributed by atoms with van der Waals surface area (Å²) in [4.78, 5) is 64.3. The van der Waals surface area contributed by atoms with E-state index in [-0.39, 0.29) is 74.7 Å². The van der Waals surface area contributed by atoms with Crippen molar-refractivity contribution in [3.8, 4) is 5.88 Å². The molecule has 3 aliphatic rings. The predicted octanol–water partition coefficient (Wildman–Crippen LogP) is -4.82. The number of anilines is 1. The minimum atomic E-state index is -1.56. The van der Waals surface area contributed by atoms with Crippen LogP contribution in [0.1, 0.15) is 31.5 Å². The summed E-state index contributed by atoms with van der Waals surface area (Å²) in [6, 6.07) is -1.04. The first-order chi connectivity index (χ1) is 19.1. The van der Waals surface area contributed by atoms with E-state index >= 15 is 0 Å². The van der Waals surface area contributed by atoms with Gasteiger partial charge in [-0.3, -0.25) is 19.3 Å². The van der Waals surface area contributed by atoms with Crippen LogP contribution in [0.5, 0.6) is 5.88 Å². The summed E-state index contributed by atoms with van der Waals surface area (Å²) in [7, 11) is 1.46. The van der Waals surface area contributed by atoms with Gasteiger partial charge in [0.05, 0.1) is 11.7 Å². The number of nitrogens with zero attached hydrogens (tertiary/aromatic N) is 7. The van der Waals surface area contributed by atoms with E-state index in [1.807, 2.05) is 0 Å². The fraction of sp³-hybridized carbons (Fsp3) is 0.476. The molecule has 0 aromatic carbocycles. The first-order valence-corrected chi connectivity index (χ1v) is 14.7. The molecule has 0 radical (unpaired) electrons. The van der Waals surface area contributed by atoms with Crippen LogP contribution in [-0.4, -0.2) is 86.6 Å². The van der Waals surface area contributed by atoms with Gasteiger partial charge in [-0.05, 0) is 31.3 Å². The molecule has 0 bridgehead atoms. The minimum absolute atomic E-state index is 0. The quantitative estimate of drug-likeness (QED) is 0.0775. The number of nitrogens with one attached hydrogen (secondary N) is 1. The Kier molecular flexibility index (Phi) is 9.96. The smallest absolute Gasteiger partial charge is 0.543 e. The molecule has 2 atom stereocenters. The van der Waals surface area contributed by atoms with E-state index in [0.29, 0.717) is 5.57 Å². The van der Waals surface area contributed by atoms with Crippen LogP contribution < -0.4 is 51.3 Å². The van der Waals surface area contributed by atoms with Crippen molar-refractivity contribution in [2.24, 2.45) is 12.2 Å². The first-order valence-electron chi connectivity index (χ1n) is 11.9. The molecule has 1 aliphatic carbocycles. The summed E-state index contributed by atoms with van der Waals surface area (Å²) in [5.74, 6) is -3.51. The van der Waals surface area contributed by atoms with Crippen molar-refractivity contribution in [3.05, 3.63) is 27.4 Å². The number of aryl methyl sites for hydroxylation is 1. The first kappa shape index (κ1) is 31.2. The molecule has 1 unspecified atom stereocenters. The molecule has 0 spiro atoms. The molecule has 2 aromatic rings. The minimum Gasteiger partial charge on any atom is -0.543 e. The van der Waals surface area contributed by atoms with Crippen LogP contribution in [0.2, 0.25) is 0 Å². The van der Waals surface area contributed by atoms with Gasteiger partial charge < -0.3 is 30.9 Å². The summed E-state index contributed by atoms with van der Waals surface area (Å²) < 4.78 is 5.21.